The van der Waals surface area contributed by atoms with Crippen molar-refractivity contribution in [3.63, 3.8) is 0 Å². The molecule has 0 saturated carbocycles. The lowest BCUT2D eigenvalue weighted by molar-refractivity contribution is -0.143. The van der Waals surface area contributed by atoms with Crippen LogP contribution in [0.4, 0.5) is 0 Å². The largest absolute Gasteiger partial charge is 0.480 e. The highest BCUT2D eigenvalue weighted by atomic mass is 16.4. The number of carboxylic acids is 1. The summed E-state index contributed by atoms with van der Waals surface area (Å²) >= 11 is 0. The van der Waals surface area contributed by atoms with Crippen LogP contribution in [-0.2, 0) is 84.8 Å². The van der Waals surface area contributed by atoms with Crippen molar-refractivity contribution in [3.05, 3.63) is 54.2 Å². The third-order valence-corrected chi connectivity index (χ3v) is 19.5. The Balaban J connectivity index is 1.32. The number of hydrogen-bond acceptors (Lipinski definition) is 22. The summed E-state index contributed by atoms with van der Waals surface area (Å²) in [5.74, 6) is -15.3. The van der Waals surface area contributed by atoms with Crippen LogP contribution in [0.25, 0.3) is 10.9 Å². The number of carbonyl (C=O) groups is 15. The van der Waals surface area contributed by atoms with Gasteiger partial charge in [-0.05, 0) is 130 Å². The molecule has 15 atom stereocenters. The molecule has 1 aromatic carbocycles. The second-order valence-corrected chi connectivity index (χ2v) is 29.1. The molecule has 4 heterocycles. The molecule has 0 spiro atoms. The number of imidazole rings is 1. The summed E-state index contributed by atoms with van der Waals surface area (Å²) in [4.78, 5) is 221. The zero-order valence-electron chi connectivity index (χ0n) is 67.1. The quantitative estimate of drug-likeness (QED) is 0.0142. The molecule has 0 bridgehead atoms. The second-order valence-electron chi connectivity index (χ2n) is 29.1. The Hall–Kier alpha value is -13.0. The molecule has 0 radical (unpaired) electrons. The minimum Gasteiger partial charge on any atom is -0.480 e. The molecule has 2 fully saturated rings. The van der Waals surface area contributed by atoms with Crippen LogP contribution in [0.5, 0.6) is 0 Å². The van der Waals surface area contributed by atoms with E-state index in [0.29, 0.717) is 28.6 Å². The number of likely N-dealkylation sites (tertiary alicyclic amines) is 2. The van der Waals surface area contributed by atoms with E-state index < -0.39 is 204 Å². The minimum absolute atomic E-state index is 0.00684. The number of benzene rings is 1. The molecule has 0 aliphatic carbocycles. The van der Waals surface area contributed by atoms with Crippen molar-refractivity contribution < 1.29 is 82.1 Å². The van der Waals surface area contributed by atoms with Crippen molar-refractivity contribution in [1.82, 2.24) is 105 Å². The Morgan fingerprint density at radius 1 is 0.479 bits per heavy atom. The fourth-order valence-corrected chi connectivity index (χ4v) is 13.0. The number of aliphatic hydroxyl groups excluding tert-OH is 1. The summed E-state index contributed by atoms with van der Waals surface area (Å²) in [5, 5.41) is 89.3. The maximum Gasteiger partial charge on any atom is 0.325 e. The molecule has 2 aliphatic rings. The van der Waals surface area contributed by atoms with Crippen LogP contribution in [-0.4, -0.2) is 277 Å². The molecule has 47 heteroatoms. The summed E-state index contributed by atoms with van der Waals surface area (Å²) in [6.45, 7) is 6.50. The number of amides is 14. The molecule has 2 aliphatic heterocycles. The van der Waals surface area contributed by atoms with Crippen LogP contribution in [0.3, 0.4) is 0 Å². The molecular formula is C72H116N30O17. The van der Waals surface area contributed by atoms with E-state index in [0.717, 1.165) is 0 Å². The van der Waals surface area contributed by atoms with Crippen molar-refractivity contribution in [1.29, 1.82) is 21.6 Å². The molecule has 5 rings (SSSR count). The lowest BCUT2D eigenvalue weighted by atomic mass is 10.0. The normalized spacial score (nSPS) is 16.9. The highest BCUT2D eigenvalue weighted by Crippen LogP contribution is 2.24. The molecule has 47 nitrogen and oxygen atoms in total. The molecule has 35 N–H and O–H groups in total. The Morgan fingerprint density at radius 2 is 0.899 bits per heavy atom. The number of H-pyrrole nitrogens is 2. The lowest BCUT2D eigenvalue weighted by Gasteiger charge is -2.31. The van der Waals surface area contributed by atoms with Crippen LogP contribution in [0.1, 0.15) is 136 Å². The third-order valence-electron chi connectivity index (χ3n) is 19.5. The first kappa shape index (κ1) is 96.6. The first-order valence-corrected chi connectivity index (χ1v) is 39.0. The second kappa shape index (κ2) is 47.9. The van der Waals surface area contributed by atoms with Crippen LogP contribution in [0.2, 0.25) is 0 Å². The van der Waals surface area contributed by atoms with E-state index in [1.165, 1.54) is 56.9 Å². The van der Waals surface area contributed by atoms with E-state index in [-0.39, 0.29) is 135 Å². The Morgan fingerprint density at radius 3 is 1.39 bits per heavy atom. The Labute approximate surface area is 685 Å². The van der Waals surface area contributed by atoms with Gasteiger partial charge in [0.15, 0.2) is 23.8 Å². The number of hydrogen-bond donors (Lipinski definition) is 29. The zero-order chi connectivity index (χ0) is 88.3. The topological polar surface area (TPSA) is 779 Å². The van der Waals surface area contributed by atoms with Gasteiger partial charge in [0.25, 0.3) is 0 Å². The fourth-order valence-electron chi connectivity index (χ4n) is 13.0. The van der Waals surface area contributed by atoms with Gasteiger partial charge in [0.2, 0.25) is 82.7 Å². The summed E-state index contributed by atoms with van der Waals surface area (Å²) in [5.41, 5.74) is 35.0. The summed E-state index contributed by atoms with van der Waals surface area (Å²) < 4.78 is 0. The van der Waals surface area contributed by atoms with Gasteiger partial charge in [0.1, 0.15) is 78.5 Å². The number of aromatic nitrogens is 3. The van der Waals surface area contributed by atoms with Gasteiger partial charge in [-0.25, -0.2) is 4.98 Å². The van der Waals surface area contributed by atoms with Gasteiger partial charge in [-0.1, -0.05) is 18.2 Å². The number of rotatable bonds is 49. The first-order valence-electron chi connectivity index (χ1n) is 39.0. The number of nitrogens with one attached hydrogen (secondary N) is 21. The summed E-state index contributed by atoms with van der Waals surface area (Å²) in [6, 6.07) is -12.8. The molecule has 0 unspecified atom stereocenters. The average Bonchev–Trinajstić information content (AvgIpc) is 1.71. The van der Waals surface area contributed by atoms with Crippen molar-refractivity contribution in [2.75, 3.05) is 39.3 Å². The number of nitrogens with two attached hydrogens (primary N) is 6. The van der Waals surface area contributed by atoms with Crippen LogP contribution in [0.15, 0.2) is 43.0 Å². The summed E-state index contributed by atoms with van der Waals surface area (Å²) in [7, 11) is 0. The monoisotopic (exact) mass is 1670 g/mol. The highest BCUT2D eigenvalue weighted by molar-refractivity contribution is 6.01. The van der Waals surface area contributed by atoms with E-state index in [9.17, 15) is 77.3 Å². The number of aliphatic carboxylic acids is 1. The smallest absolute Gasteiger partial charge is 0.325 e. The number of fused-ring (bicyclic) bond motifs is 1. The van der Waals surface area contributed by atoms with Crippen molar-refractivity contribution >= 4 is 123 Å². The van der Waals surface area contributed by atoms with Gasteiger partial charge < -0.3 is 144 Å². The number of guanidine groups is 4. The number of primary amides is 1. The summed E-state index contributed by atoms with van der Waals surface area (Å²) in [6.07, 6.45) is 2.30. The van der Waals surface area contributed by atoms with E-state index in [1.807, 2.05) is 0 Å². The molecule has 2 saturated heterocycles. The molecule has 656 valence electrons. The van der Waals surface area contributed by atoms with Gasteiger partial charge in [-0.3, -0.25) is 93.6 Å². The SMILES string of the molecule is C[C@H](NC(=O)[C@H](CCCNC(=N)N)NC(=O)[C@H](Cc1c[nH]c2ccccc12)NC(=O)[C@@H]1CCCN1C(=O)[C@H](CCCNC(=N)N)NC(=O)[C@H](CCCNC(=N)N)NC(=O)[C@H](CCC(N)=O)NC(=O)[C@H](C)NC(=O)[C@@H]1CCCN1C(=O)[C@H](Cc1cnc[nH]1)NC(=O)[C@H](C)NC(=O)[C@H](C)NC(=O)[C@@H](NC(=O)[C@@H](N)CCCNC(=N)N)[C@@H](C)O)C(=O)O. The van der Waals surface area contributed by atoms with E-state index in [1.54, 1.807) is 30.5 Å². The van der Waals surface area contributed by atoms with Gasteiger partial charge >= 0.3 is 5.97 Å². The fraction of sp³-hybridized carbons (Fsp3) is 0.583. The molecule has 14 amide bonds. The van der Waals surface area contributed by atoms with Crippen molar-refractivity contribution in [3.8, 4) is 0 Å². The van der Waals surface area contributed by atoms with Gasteiger partial charge in [0.05, 0.1) is 18.5 Å². The number of para-hydroxylation sites is 1. The first-order chi connectivity index (χ1) is 56.3. The van der Waals surface area contributed by atoms with Gasteiger partial charge in [0, 0.05) is 87.5 Å². The molecule has 2 aromatic heterocycles. The highest BCUT2D eigenvalue weighted by Gasteiger charge is 2.43. The number of nitrogens with zero attached hydrogens (tertiary/aromatic N) is 3. The van der Waals surface area contributed by atoms with Gasteiger partial charge in [-0.15, -0.1) is 0 Å². The van der Waals surface area contributed by atoms with Crippen LogP contribution < -0.4 is 114 Å². The Kier molecular flexibility index (Phi) is 38.9. The number of aromatic amines is 2. The molecule has 119 heavy (non-hydrogen) atoms. The predicted molar refractivity (Wildman–Crippen MR) is 430 cm³/mol. The van der Waals surface area contributed by atoms with Crippen molar-refractivity contribution in [2.45, 2.75) is 228 Å². The van der Waals surface area contributed by atoms with Gasteiger partial charge in [-0.2, -0.15) is 0 Å². The molecular weight excluding hydrogens is 1560 g/mol. The Bertz CT molecular complexity index is 4090. The third kappa shape index (κ3) is 31.9. The predicted octanol–water partition coefficient (Wildman–Crippen LogP) is -8.82. The van der Waals surface area contributed by atoms with Crippen LogP contribution in [0, 0.1) is 21.6 Å². The van der Waals surface area contributed by atoms with Crippen LogP contribution >= 0.6 is 0 Å². The lowest BCUT2D eigenvalue weighted by Crippen LogP contribution is -2.60. The standard InChI is InChI=1S/C72H116N30O17/c1-35(92-65(115)54(39(5)103)100-58(108)43(73)15-8-24-84-69(75)76)55(105)90-36(2)57(107)99-50(31-41-33-83-34-89-41)67(117)102-29-12-20-51(102)63(113)91-37(3)56(106)94-47(22-23-53(74)104)61(111)95-46(18-10-26-86-71(79)80)60(110)97-48(19-11-27-87-72(81)82)66(116)101-28-13-21-52(101)64(114)98-49(30-40-32-88-44-16-7-6-14-42(40)44)62(112)96-45(17-9-25-85-70(77)78)59(109)93-38(4)68(118)119/h6-7,14,16,32-39,43,45-52,54,88,103H,8-13,15,17-31,73H2,1-5H3,(H2,74,104)(H,83,89)(H,90,105)(H,91,113)(H,92,115)(H,93,109)(H,94,106)(H,95,111)(H,96,112)(H,97,110)(H,98,114)(H,99,107)(H,100,108)(H,118,119)(H4,75,76,84)(H4,77,78,85)(H4,79,80,86)(H4,81,82,87)/t35-,36-,37-,38-,39+,43-,45-,46-,47-,48-,49-,50-,51-,52-,54-/m0/s1. The molecule has 3 aromatic rings. The average molecular weight is 1670 g/mol. The minimum atomic E-state index is -1.67. The maximum absolute atomic E-state index is 15.1. The van der Waals surface area contributed by atoms with E-state index in [2.05, 4.69) is 94.7 Å². The van der Waals surface area contributed by atoms with Crippen molar-refractivity contribution in [2.24, 2.45) is 34.4 Å². The number of aliphatic hydroxyl groups is 1. The van der Waals surface area contributed by atoms with E-state index >= 15 is 4.79 Å². The zero-order valence-corrected chi connectivity index (χ0v) is 67.1. The number of carboxylic acid groups (broad SMARTS) is 1. The maximum atomic E-state index is 15.1. The van der Waals surface area contributed by atoms with E-state index in [4.69, 9.17) is 56.0 Å². The number of carbonyl (C=O) groups excluding carboxylic acids is 14.